The molecule has 0 unspecified atom stereocenters. The molecule has 0 amide bonds. The van der Waals surface area contributed by atoms with E-state index in [0.717, 1.165) is 25.2 Å². The van der Waals surface area contributed by atoms with E-state index in [-0.39, 0.29) is 12.3 Å². The van der Waals surface area contributed by atoms with Crippen LogP contribution in [-0.2, 0) is 11.3 Å². The first kappa shape index (κ1) is 11.6. The standard InChI is InChI=1S/C12H13N3O2/c13-5-11-3-9(1-2-14-11)6-15-7-10(8-15)4-12(16)17/h1-3,10H,4,6-8H2,(H,16,17). The van der Waals surface area contributed by atoms with E-state index in [1.54, 1.807) is 12.3 Å². The number of carboxylic acid groups (broad SMARTS) is 1. The largest absolute Gasteiger partial charge is 0.481 e. The van der Waals surface area contributed by atoms with Crippen molar-refractivity contribution in [1.29, 1.82) is 5.26 Å². The summed E-state index contributed by atoms with van der Waals surface area (Å²) in [5.41, 5.74) is 1.47. The SMILES string of the molecule is N#Cc1cc(CN2CC(CC(=O)O)C2)ccn1. The molecule has 0 bridgehead atoms. The Morgan fingerprint density at radius 2 is 2.41 bits per heavy atom. The van der Waals surface area contributed by atoms with Gasteiger partial charge in [0.05, 0.1) is 6.42 Å². The topological polar surface area (TPSA) is 77.2 Å². The van der Waals surface area contributed by atoms with Crippen molar-refractivity contribution in [3.63, 3.8) is 0 Å². The van der Waals surface area contributed by atoms with Gasteiger partial charge in [-0.3, -0.25) is 9.69 Å². The molecule has 0 atom stereocenters. The third-order valence-electron chi connectivity index (χ3n) is 2.84. The molecule has 0 aliphatic carbocycles. The molecule has 1 aliphatic heterocycles. The Balaban J connectivity index is 1.83. The van der Waals surface area contributed by atoms with Crippen molar-refractivity contribution in [2.45, 2.75) is 13.0 Å². The van der Waals surface area contributed by atoms with Crippen molar-refractivity contribution in [3.05, 3.63) is 29.6 Å². The van der Waals surface area contributed by atoms with Crippen LogP contribution in [0.2, 0.25) is 0 Å². The second-order valence-corrected chi connectivity index (χ2v) is 4.32. The number of carbonyl (C=O) groups is 1. The smallest absolute Gasteiger partial charge is 0.303 e. The first-order valence-electron chi connectivity index (χ1n) is 5.46. The lowest BCUT2D eigenvalue weighted by Crippen LogP contribution is -2.46. The van der Waals surface area contributed by atoms with E-state index >= 15 is 0 Å². The molecule has 1 aromatic rings. The molecule has 0 radical (unpaired) electrons. The molecule has 2 rings (SSSR count). The van der Waals surface area contributed by atoms with Gasteiger partial charge in [0.15, 0.2) is 0 Å². The Morgan fingerprint density at radius 1 is 1.65 bits per heavy atom. The molecular formula is C12H13N3O2. The minimum absolute atomic E-state index is 0.246. The van der Waals surface area contributed by atoms with Crippen LogP contribution < -0.4 is 0 Å². The van der Waals surface area contributed by atoms with Crippen molar-refractivity contribution in [3.8, 4) is 6.07 Å². The van der Waals surface area contributed by atoms with Crippen LogP contribution in [0.15, 0.2) is 18.3 Å². The maximum atomic E-state index is 10.5. The Hall–Kier alpha value is -1.93. The van der Waals surface area contributed by atoms with E-state index in [9.17, 15) is 4.79 Å². The average molecular weight is 231 g/mol. The Morgan fingerprint density at radius 3 is 3.06 bits per heavy atom. The Kier molecular flexibility index (Phi) is 3.35. The quantitative estimate of drug-likeness (QED) is 0.831. The van der Waals surface area contributed by atoms with E-state index in [1.165, 1.54) is 0 Å². The van der Waals surface area contributed by atoms with Gasteiger partial charge in [0.25, 0.3) is 0 Å². The molecule has 5 heteroatoms. The third kappa shape index (κ3) is 3.02. The normalized spacial score (nSPS) is 16.2. The van der Waals surface area contributed by atoms with E-state index < -0.39 is 5.97 Å². The molecule has 5 nitrogen and oxygen atoms in total. The van der Waals surface area contributed by atoms with Crippen LogP contribution in [-0.4, -0.2) is 34.0 Å². The number of hydrogen-bond donors (Lipinski definition) is 1. The van der Waals surface area contributed by atoms with Gasteiger partial charge >= 0.3 is 5.97 Å². The van der Waals surface area contributed by atoms with Crippen LogP contribution in [0.1, 0.15) is 17.7 Å². The molecule has 17 heavy (non-hydrogen) atoms. The molecule has 2 heterocycles. The van der Waals surface area contributed by atoms with Crippen molar-refractivity contribution in [2.75, 3.05) is 13.1 Å². The summed E-state index contributed by atoms with van der Waals surface area (Å²) >= 11 is 0. The second-order valence-electron chi connectivity index (χ2n) is 4.32. The zero-order chi connectivity index (χ0) is 12.3. The highest BCUT2D eigenvalue weighted by Crippen LogP contribution is 2.21. The fourth-order valence-corrected chi connectivity index (χ4v) is 2.07. The van der Waals surface area contributed by atoms with E-state index in [1.807, 2.05) is 12.1 Å². The van der Waals surface area contributed by atoms with Gasteiger partial charge < -0.3 is 5.11 Å². The van der Waals surface area contributed by atoms with E-state index in [0.29, 0.717) is 5.69 Å². The van der Waals surface area contributed by atoms with Gasteiger partial charge in [0.2, 0.25) is 0 Å². The van der Waals surface area contributed by atoms with Gasteiger partial charge in [-0.25, -0.2) is 4.98 Å². The number of pyridine rings is 1. The summed E-state index contributed by atoms with van der Waals surface area (Å²) in [6.07, 6.45) is 1.87. The van der Waals surface area contributed by atoms with Gasteiger partial charge in [0, 0.05) is 25.8 Å². The molecule has 0 saturated carbocycles. The van der Waals surface area contributed by atoms with Gasteiger partial charge in [-0.15, -0.1) is 0 Å². The van der Waals surface area contributed by atoms with Crippen LogP contribution in [0.5, 0.6) is 0 Å². The monoisotopic (exact) mass is 231 g/mol. The molecule has 0 aromatic carbocycles. The number of nitrogens with zero attached hydrogens (tertiary/aromatic N) is 3. The second kappa shape index (κ2) is 4.93. The highest BCUT2D eigenvalue weighted by molar-refractivity contribution is 5.67. The summed E-state index contributed by atoms with van der Waals surface area (Å²) in [6, 6.07) is 5.65. The fourth-order valence-electron chi connectivity index (χ4n) is 2.07. The first-order valence-corrected chi connectivity index (χ1v) is 5.46. The maximum absolute atomic E-state index is 10.5. The minimum Gasteiger partial charge on any atom is -0.481 e. The summed E-state index contributed by atoms with van der Waals surface area (Å²) in [5, 5.41) is 17.3. The number of nitriles is 1. The van der Waals surface area contributed by atoms with Crippen molar-refractivity contribution in [2.24, 2.45) is 5.92 Å². The van der Waals surface area contributed by atoms with Gasteiger partial charge in [-0.05, 0) is 23.6 Å². The lowest BCUT2D eigenvalue weighted by atomic mass is 9.96. The van der Waals surface area contributed by atoms with Crippen molar-refractivity contribution in [1.82, 2.24) is 9.88 Å². The highest BCUT2D eigenvalue weighted by atomic mass is 16.4. The first-order chi connectivity index (χ1) is 8.17. The fraction of sp³-hybridized carbons (Fsp3) is 0.417. The van der Waals surface area contributed by atoms with Crippen molar-refractivity contribution < 1.29 is 9.90 Å². The molecule has 88 valence electrons. The van der Waals surface area contributed by atoms with Gasteiger partial charge in [-0.2, -0.15) is 5.26 Å². The average Bonchev–Trinajstić information content (AvgIpc) is 2.26. The molecule has 1 aromatic heterocycles. The molecular weight excluding hydrogens is 218 g/mol. The maximum Gasteiger partial charge on any atom is 0.303 e. The zero-order valence-electron chi connectivity index (χ0n) is 9.33. The summed E-state index contributed by atoms with van der Waals surface area (Å²) in [5.74, 6) is -0.463. The lowest BCUT2D eigenvalue weighted by Gasteiger charge is -2.38. The Bertz CT molecular complexity index is 461. The molecule has 1 N–H and O–H groups in total. The lowest BCUT2D eigenvalue weighted by molar-refractivity contribution is -0.139. The van der Waals surface area contributed by atoms with Crippen LogP contribution in [0.25, 0.3) is 0 Å². The summed E-state index contributed by atoms with van der Waals surface area (Å²) in [6.45, 7) is 2.39. The number of aliphatic carboxylic acids is 1. The van der Waals surface area contributed by atoms with Crippen LogP contribution in [0, 0.1) is 17.2 Å². The number of rotatable bonds is 4. The zero-order valence-corrected chi connectivity index (χ0v) is 9.33. The number of carboxylic acids is 1. The number of likely N-dealkylation sites (tertiary alicyclic amines) is 1. The predicted molar refractivity (Wildman–Crippen MR) is 60.0 cm³/mol. The van der Waals surface area contributed by atoms with Crippen molar-refractivity contribution >= 4 is 5.97 Å². The number of hydrogen-bond acceptors (Lipinski definition) is 4. The van der Waals surface area contributed by atoms with Gasteiger partial charge in [-0.1, -0.05) is 0 Å². The highest BCUT2D eigenvalue weighted by Gasteiger charge is 2.28. The minimum atomic E-state index is -0.731. The Labute approximate surface area is 99.3 Å². The number of aromatic nitrogens is 1. The molecule has 0 spiro atoms. The summed E-state index contributed by atoms with van der Waals surface area (Å²) in [4.78, 5) is 16.6. The van der Waals surface area contributed by atoms with Gasteiger partial charge in [0.1, 0.15) is 11.8 Å². The summed E-state index contributed by atoms with van der Waals surface area (Å²) in [7, 11) is 0. The molecule has 1 fully saturated rings. The summed E-state index contributed by atoms with van der Waals surface area (Å²) < 4.78 is 0. The van der Waals surface area contributed by atoms with Crippen LogP contribution >= 0.6 is 0 Å². The van der Waals surface area contributed by atoms with Crippen LogP contribution in [0.4, 0.5) is 0 Å². The predicted octanol–water partition coefficient (Wildman–Crippen LogP) is 0.860. The van der Waals surface area contributed by atoms with E-state index in [4.69, 9.17) is 10.4 Å². The van der Waals surface area contributed by atoms with E-state index in [2.05, 4.69) is 9.88 Å². The van der Waals surface area contributed by atoms with Crippen LogP contribution in [0.3, 0.4) is 0 Å². The third-order valence-corrected chi connectivity index (χ3v) is 2.84. The molecule has 1 saturated heterocycles. The molecule has 1 aliphatic rings.